The molecule has 0 aliphatic carbocycles. The number of imidazole rings is 1. The Hall–Kier alpha value is -2.07. The van der Waals surface area contributed by atoms with E-state index in [-0.39, 0.29) is 6.10 Å². The van der Waals surface area contributed by atoms with Gasteiger partial charge in [0.05, 0.1) is 0 Å². The van der Waals surface area contributed by atoms with Gasteiger partial charge in [0.25, 0.3) is 0 Å². The second kappa shape index (κ2) is 6.79. The Balaban J connectivity index is 1.66. The molecule has 0 spiro atoms. The molecule has 22 heavy (non-hydrogen) atoms. The summed E-state index contributed by atoms with van der Waals surface area (Å²) in [6.45, 7) is 2.00. The molecule has 0 saturated heterocycles. The smallest absolute Gasteiger partial charge is 0.153 e. The van der Waals surface area contributed by atoms with Gasteiger partial charge < -0.3 is 9.72 Å². The molecule has 0 aliphatic heterocycles. The highest BCUT2D eigenvalue weighted by Crippen LogP contribution is 2.20. The van der Waals surface area contributed by atoms with E-state index in [0.29, 0.717) is 0 Å². The standard InChI is InChI=1S/C18H17BrN2O/c1-13(22-17-5-3-2-4-6-17)18-20-12-16(21-18)11-14-7-9-15(19)10-8-14/h2-10,12-13H,11H2,1H3,(H,20,21). The Morgan fingerprint density at radius 3 is 2.55 bits per heavy atom. The predicted molar refractivity (Wildman–Crippen MR) is 91.0 cm³/mol. The van der Waals surface area contributed by atoms with E-state index >= 15 is 0 Å². The van der Waals surface area contributed by atoms with Crippen LogP contribution in [0.3, 0.4) is 0 Å². The minimum Gasteiger partial charge on any atom is -0.483 e. The molecule has 0 aliphatic rings. The van der Waals surface area contributed by atoms with Crippen LogP contribution in [0.1, 0.15) is 30.1 Å². The van der Waals surface area contributed by atoms with Gasteiger partial charge in [-0.2, -0.15) is 0 Å². The summed E-state index contributed by atoms with van der Waals surface area (Å²) in [6.07, 6.45) is 2.60. The molecule has 0 amide bonds. The average Bonchev–Trinajstić information content (AvgIpc) is 2.99. The maximum absolute atomic E-state index is 5.88. The van der Waals surface area contributed by atoms with Gasteiger partial charge in [0.1, 0.15) is 11.6 Å². The quantitative estimate of drug-likeness (QED) is 0.705. The second-order valence-electron chi connectivity index (χ2n) is 5.17. The molecule has 3 aromatic rings. The SMILES string of the molecule is CC(Oc1ccccc1)c1ncc(Cc2ccc(Br)cc2)[nH]1. The van der Waals surface area contributed by atoms with Crippen molar-refractivity contribution in [2.75, 3.05) is 0 Å². The number of nitrogens with zero attached hydrogens (tertiary/aromatic N) is 1. The lowest BCUT2D eigenvalue weighted by Crippen LogP contribution is -2.05. The number of benzene rings is 2. The minimum atomic E-state index is -0.110. The van der Waals surface area contributed by atoms with Gasteiger partial charge in [0, 0.05) is 22.8 Å². The van der Waals surface area contributed by atoms with Crippen LogP contribution in [0, 0.1) is 0 Å². The lowest BCUT2D eigenvalue weighted by Gasteiger charge is -2.12. The number of aromatic amines is 1. The van der Waals surface area contributed by atoms with Crippen molar-refractivity contribution >= 4 is 15.9 Å². The van der Waals surface area contributed by atoms with Crippen molar-refractivity contribution in [2.45, 2.75) is 19.4 Å². The monoisotopic (exact) mass is 356 g/mol. The van der Waals surface area contributed by atoms with Crippen LogP contribution in [0.15, 0.2) is 65.3 Å². The van der Waals surface area contributed by atoms with Gasteiger partial charge in [-0.15, -0.1) is 0 Å². The average molecular weight is 357 g/mol. The highest BCUT2D eigenvalue weighted by Gasteiger charge is 2.11. The normalized spacial score (nSPS) is 12.1. The van der Waals surface area contributed by atoms with Gasteiger partial charge in [-0.25, -0.2) is 4.98 Å². The van der Waals surface area contributed by atoms with Crippen LogP contribution in [0.5, 0.6) is 5.75 Å². The first kappa shape index (κ1) is 14.9. The van der Waals surface area contributed by atoms with Crippen LogP contribution in [-0.2, 0) is 6.42 Å². The molecule has 1 heterocycles. The maximum atomic E-state index is 5.88. The zero-order valence-electron chi connectivity index (χ0n) is 12.3. The number of hydrogen-bond acceptors (Lipinski definition) is 2. The van der Waals surface area contributed by atoms with Crippen molar-refractivity contribution in [3.05, 3.63) is 82.3 Å². The predicted octanol–water partition coefficient (Wildman–Crippen LogP) is 4.90. The largest absolute Gasteiger partial charge is 0.483 e. The van der Waals surface area contributed by atoms with Crippen LogP contribution in [-0.4, -0.2) is 9.97 Å². The molecule has 3 nitrogen and oxygen atoms in total. The molecule has 1 atom stereocenters. The number of para-hydroxylation sites is 1. The first-order valence-corrected chi connectivity index (χ1v) is 8.00. The molecule has 3 rings (SSSR count). The fraction of sp³-hybridized carbons (Fsp3) is 0.167. The van der Waals surface area contributed by atoms with Crippen LogP contribution in [0.2, 0.25) is 0 Å². The molecule has 0 radical (unpaired) electrons. The number of H-pyrrole nitrogens is 1. The third-order valence-corrected chi connectivity index (χ3v) is 3.93. The fourth-order valence-electron chi connectivity index (χ4n) is 2.25. The topological polar surface area (TPSA) is 37.9 Å². The molecule has 0 fully saturated rings. The van der Waals surface area contributed by atoms with Crippen LogP contribution in [0.25, 0.3) is 0 Å². The van der Waals surface area contributed by atoms with Crippen LogP contribution in [0.4, 0.5) is 0 Å². The summed E-state index contributed by atoms with van der Waals surface area (Å²) in [5.74, 6) is 1.69. The molecule has 112 valence electrons. The van der Waals surface area contributed by atoms with Crippen LogP contribution >= 0.6 is 15.9 Å². The Bertz CT molecular complexity index is 722. The summed E-state index contributed by atoms with van der Waals surface area (Å²) >= 11 is 3.45. The van der Waals surface area contributed by atoms with E-state index in [1.807, 2.05) is 55.6 Å². The number of halogens is 1. The summed E-state index contributed by atoms with van der Waals surface area (Å²) in [5, 5.41) is 0. The van der Waals surface area contributed by atoms with Crippen LogP contribution < -0.4 is 4.74 Å². The molecular weight excluding hydrogens is 340 g/mol. The Labute approximate surface area is 138 Å². The van der Waals surface area contributed by atoms with E-state index in [0.717, 1.165) is 28.2 Å². The number of nitrogens with one attached hydrogen (secondary N) is 1. The third-order valence-electron chi connectivity index (χ3n) is 3.40. The summed E-state index contributed by atoms with van der Waals surface area (Å²) < 4.78 is 6.97. The number of rotatable bonds is 5. The van der Waals surface area contributed by atoms with E-state index in [4.69, 9.17) is 4.74 Å². The molecule has 1 aromatic heterocycles. The highest BCUT2D eigenvalue weighted by molar-refractivity contribution is 9.10. The molecule has 1 N–H and O–H groups in total. The zero-order chi connectivity index (χ0) is 15.4. The molecule has 2 aromatic carbocycles. The summed E-state index contributed by atoms with van der Waals surface area (Å²) in [5.41, 5.74) is 2.33. The van der Waals surface area contributed by atoms with Crippen molar-refractivity contribution in [1.29, 1.82) is 0 Å². The van der Waals surface area contributed by atoms with E-state index in [1.54, 1.807) is 0 Å². The summed E-state index contributed by atoms with van der Waals surface area (Å²) in [4.78, 5) is 7.78. The molecular formula is C18H17BrN2O. The minimum absolute atomic E-state index is 0.110. The van der Waals surface area contributed by atoms with Gasteiger partial charge >= 0.3 is 0 Å². The van der Waals surface area contributed by atoms with E-state index < -0.39 is 0 Å². The lowest BCUT2D eigenvalue weighted by molar-refractivity contribution is 0.217. The van der Waals surface area contributed by atoms with Crippen molar-refractivity contribution in [2.24, 2.45) is 0 Å². The van der Waals surface area contributed by atoms with Gasteiger partial charge in [-0.1, -0.05) is 46.3 Å². The molecule has 0 bridgehead atoms. The molecule has 1 unspecified atom stereocenters. The van der Waals surface area contributed by atoms with Crippen molar-refractivity contribution in [3.63, 3.8) is 0 Å². The molecule has 4 heteroatoms. The van der Waals surface area contributed by atoms with Crippen molar-refractivity contribution in [1.82, 2.24) is 9.97 Å². The number of ether oxygens (including phenoxy) is 1. The lowest BCUT2D eigenvalue weighted by atomic mass is 10.1. The highest BCUT2D eigenvalue weighted by atomic mass is 79.9. The van der Waals surface area contributed by atoms with Gasteiger partial charge in [-0.3, -0.25) is 0 Å². The van der Waals surface area contributed by atoms with Crippen molar-refractivity contribution < 1.29 is 4.74 Å². The summed E-state index contributed by atoms with van der Waals surface area (Å²) in [7, 11) is 0. The first-order chi connectivity index (χ1) is 10.7. The van der Waals surface area contributed by atoms with E-state index in [9.17, 15) is 0 Å². The Kier molecular flexibility index (Phi) is 4.59. The summed E-state index contributed by atoms with van der Waals surface area (Å²) in [6, 6.07) is 18.1. The number of hydrogen-bond donors (Lipinski definition) is 1. The van der Waals surface area contributed by atoms with Gasteiger partial charge in [-0.05, 0) is 36.8 Å². The Morgan fingerprint density at radius 1 is 1.09 bits per heavy atom. The van der Waals surface area contributed by atoms with E-state index in [2.05, 4.69) is 38.0 Å². The second-order valence-corrected chi connectivity index (χ2v) is 6.09. The molecule has 0 saturated carbocycles. The zero-order valence-corrected chi connectivity index (χ0v) is 13.9. The van der Waals surface area contributed by atoms with Gasteiger partial charge in [0.2, 0.25) is 0 Å². The maximum Gasteiger partial charge on any atom is 0.153 e. The first-order valence-electron chi connectivity index (χ1n) is 7.20. The number of aromatic nitrogens is 2. The van der Waals surface area contributed by atoms with Crippen molar-refractivity contribution in [3.8, 4) is 5.75 Å². The third kappa shape index (κ3) is 3.77. The fourth-order valence-corrected chi connectivity index (χ4v) is 2.52. The van der Waals surface area contributed by atoms with E-state index in [1.165, 1.54) is 5.56 Å². The Morgan fingerprint density at radius 2 is 1.82 bits per heavy atom. The van der Waals surface area contributed by atoms with Gasteiger partial charge in [0.15, 0.2) is 6.10 Å².